The van der Waals surface area contributed by atoms with E-state index in [0.717, 1.165) is 6.20 Å². The molecular weight excluding hydrogens is 512 g/mol. The van der Waals surface area contributed by atoms with Crippen LogP contribution in [0.15, 0.2) is 52.2 Å². The summed E-state index contributed by atoms with van der Waals surface area (Å²) in [4.78, 5) is 9.97. The first-order chi connectivity index (χ1) is 16.5. The van der Waals surface area contributed by atoms with Gasteiger partial charge in [0.05, 0.1) is 32.7 Å². The molecule has 1 saturated heterocycles. The molecule has 1 N–H and O–H groups in total. The smallest absolute Gasteiger partial charge is 0.245 e. The molecule has 1 aliphatic rings. The maximum Gasteiger partial charge on any atom is 0.245 e. The molecule has 2 aromatic carbocycles. The summed E-state index contributed by atoms with van der Waals surface area (Å²) < 4.78 is 45.2. The fourth-order valence-electron chi connectivity index (χ4n) is 3.26. The van der Waals surface area contributed by atoms with E-state index >= 15 is 0 Å². The molecule has 0 bridgehead atoms. The van der Waals surface area contributed by atoms with Crippen LogP contribution in [0, 0.1) is 11.6 Å². The van der Waals surface area contributed by atoms with E-state index in [-0.39, 0.29) is 24.2 Å². The Morgan fingerprint density at radius 2 is 1.97 bits per heavy atom. The second-order valence-electron chi connectivity index (χ2n) is 7.24. The molecule has 0 spiro atoms. The van der Waals surface area contributed by atoms with Crippen LogP contribution in [-0.4, -0.2) is 49.6 Å². The summed E-state index contributed by atoms with van der Waals surface area (Å²) in [5.74, 6) is 0.417. The first-order valence-electron chi connectivity index (χ1n) is 10.4. The lowest BCUT2D eigenvalue weighted by atomic mass is 10.2. The van der Waals surface area contributed by atoms with Gasteiger partial charge < -0.3 is 19.1 Å². The van der Waals surface area contributed by atoms with Gasteiger partial charge in [0, 0.05) is 28.7 Å². The van der Waals surface area contributed by atoms with Gasteiger partial charge in [-0.2, -0.15) is 10.1 Å². The highest BCUT2D eigenvalue weighted by molar-refractivity contribution is 9.10. The van der Waals surface area contributed by atoms with Gasteiger partial charge in [-0.1, -0.05) is 18.2 Å². The van der Waals surface area contributed by atoms with Crippen molar-refractivity contribution in [3.05, 3.63) is 69.8 Å². The van der Waals surface area contributed by atoms with E-state index < -0.39 is 5.82 Å². The van der Waals surface area contributed by atoms with E-state index in [2.05, 4.69) is 36.4 Å². The van der Waals surface area contributed by atoms with Crippen molar-refractivity contribution in [1.82, 2.24) is 9.97 Å². The van der Waals surface area contributed by atoms with E-state index in [0.29, 0.717) is 53.4 Å². The monoisotopic (exact) mass is 533 g/mol. The molecule has 1 aliphatic heterocycles. The highest BCUT2D eigenvalue weighted by atomic mass is 79.9. The Balaban J connectivity index is 1.45. The largest absolute Gasteiger partial charge is 0.493 e. The first kappa shape index (κ1) is 23.8. The molecule has 1 aromatic heterocycles. The van der Waals surface area contributed by atoms with Crippen LogP contribution in [0.4, 0.5) is 20.5 Å². The number of nitrogens with one attached hydrogen (secondary N) is 1. The molecule has 4 rings (SSSR count). The van der Waals surface area contributed by atoms with Gasteiger partial charge in [-0.25, -0.2) is 19.2 Å². The second kappa shape index (κ2) is 11.2. The van der Waals surface area contributed by atoms with Crippen LogP contribution in [0.5, 0.6) is 11.5 Å². The fraction of sp³-hybridized carbons (Fsp3) is 0.261. The molecular formula is C23H22BrF2N5O3. The third kappa shape index (κ3) is 5.78. The number of rotatable bonds is 8. The third-order valence-corrected chi connectivity index (χ3v) is 5.72. The molecule has 0 saturated carbocycles. The van der Waals surface area contributed by atoms with E-state index in [1.807, 2.05) is 0 Å². The number of anilines is 2. The van der Waals surface area contributed by atoms with Crippen molar-refractivity contribution >= 4 is 33.9 Å². The van der Waals surface area contributed by atoms with Crippen LogP contribution in [0.3, 0.4) is 0 Å². The van der Waals surface area contributed by atoms with Crippen molar-refractivity contribution in [2.75, 3.05) is 43.7 Å². The Kier molecular flexibility index (Phi) is 7.86. The van der Waals surface area contributed by atoms with Crippen LogP contribution in [-0.2, 0) is 11.3 Å². The number of ether oxygens (including phenoxy) is 3. The Hall–Kier alpha value is -3.31. The van der Waals surface area contributed by atoms with Crippen molar-refractivity contribution in [2.24, 2.45) is 5.10 Å². The van der Waals surface area contributed by atoms with Gasteiger partial charge in [0.2, 0.25) is 5.95 Å². The molecule has 0 unspecified atom stereocenters. The first-order valence-corrected chi connectivity index (χ1v) is 11.2. The SMILES string of the molecule is COc1cc(/C=N\Nc2ncc(F)c(N3CCOCC3)n2)c(Br)cc1OCc1ccccc1F. The molecule has 1 fully saturated rings. The third-order valence-electron chi connectivity index (χ3n) is 5.03. The molecule has 34 heavy (non-hydrogen) atoms. The second-order valence-corrected chi connectivity index (χ2v) is 8.09. The molecule has 0 radical (unpaired) electrons. The van der Waals surface area contributed by atoms with Crippen molar-refractivity contribution < 1.29 is 23.0 Å². The van der Waals surface area contributed by atoms with Gasteiger partial charge in [-0.05, 0) is 34.1 Å². The minimum atomic E-state index is -0.505. The van der Waals surface area contributed by atoms with Crippen LogP contribution >= 0.6 is 15.9 Å². The normalized spacial score (nSPS) is 13.8. The van der Waals surface area contributed by atoms with Gasteiger partial charge in [0.1, 0.15) is 12.4 Å². The summed E-state index contributed by atoms with van der Waals surface area (Å²) in [6.07, 6.45) is 2.64. The van der Waals surface area contributed by atoms with Crippen LogP contribution in [0.2, 0.25) is 0 Å². The Morgan fingerprint density at radius 1 is 1.18 bits per heavy atom. The maximum atomic E-state index is 14.2. The van der Waals surface area contributed by atoms with E-state index in [1.165, 1.54) is 19.4 Å². The summed E-state index contributed by atoms with van der Waals surface area (Å²) in [5, 5.41) is 4.16. The summed E-state index contributed by atoms with van der Waals surface area (Å²) in [5.41, 5.74) is 3.84. The number of morpholine rings is 1. The summed E-state index contributed by atoms with van der Waals surface area (Å²) >= 11 is 3.48. The molecule has 178 valence electrons. The summed E-state index contributed by atoms with van der Waals surface area (Å²) in [6.45, 7) is 2.18. The summed E-state index contributed by atoms with van der Waals surface area (Å²) in [6, 6.07) is 9.84. The quantitative estimate of drug-likeness (QED) is 0.339. The highest BCUT2D eigenvalue weighted by Gasteiger charge is 2.18. The average Bonchev–Trinajstić information content (AvgIpc) is 2.86. The number of halogens is 3. The molecule has 2 heterocycles. The number of nitrogens with zero attached hydrogens (tertiary/aromatic N) is 4. The minimum absolute atomic E-state index is 0.0534. The molecule has 8 nitrogen and oxygen atoms in total. The van der Waals surface area contributed by atoms with Crippen LogP contribution in [0.25, 0.3) is 0 Å². The number of hydrogen-bond donors (Lipinski definition) is 1. The minimum Gasteiger partial charge on any atom is -0.493 e. The van der Waals surface area contributed by atoms with Crippen LogP contribution in [0.1, 0.15) is 11.1 Å². The Labute approximate surface area is 203 Å². The number of benzene rings is 2. The van der Waals surface area contributed by atoms with Crippen molar-refractivity contribution in [3.63, 3.8) is 0 Å². The zero-order valence-electron chi connectivity index (χ0n) is 18.3. The fourth-order valence-corrected chi connectivity index (χ4v) is 3.69. The lowest BCUT2D eigenvalue weighted by molar-refractivity contribution is 0.122. The van der Waals surface area contributed by atoms with Gasteiger partial charge in [0.25, 0.3) is 0 Å². The predicted octanol–water partition coefficient (Wildman–Crippen LogP) is 4.39. The molecule has 0 aliphatic carbocycles. The van der Waals surface area contributed by atoms with Crippen molar-refractivity contribution in [1.29, 1.82) is 0 Å². The van der Waals surface area contributed by atoms with Crippen molar-refractivity contribution in [2.45, 2.75) is 6.61 Å². The summed E-state index contributed by atoms with van der Waals surface area (Å²) in [7, 11) is 1.51. The highest BCUT2D eigenvalue weighted by Crippen LogP contribution is 2.33. The van der Waals surface area contributed by atoms with Gasteiger partial charge in [-0.3, -0.25) is 0 Å². The van der Waals surface area contributed by atoms with E-state index in [1.54, 1.807) is 35.2 Å². The number of methoxy groups -OCH3 is 1. The van der Waals surface area contributed by atoms with E-state index in [9.17, 15) is 8.78 Å². The Morgan fingerprint density at radius 3 is 2.74 bits per heavy atom. The Bertz CT molecular complexity index is 1180. The zero-order chi connectivity index (χ0) is 23.9. The number of hydrogen-bond acceptors (Lipinski definition) is 8. The molecule has 0 amide bonds. The van der Waals surface area contributed by atoms with Gasteiger partial charge >= 0.3 is 0 Å². The zero-order valence-corrected chi connectivity index (χ0v) is 19.9. The average molecular weight is 534 g/mol. The predicted molar refractivity (Wildman–Crippen MR) is 128 cm³/mol. The van der Waals surface area contributed by atoms with Gasteiger partial charge in [-0.15, -0.1) is 0 Å². The van der Waals surface area contributed by atoms with E-state index in [4.69, 9.17) is 14.2 Å². The molecule has 0 atom stereocenters. The number of hydrazone groups is 1. The van der Waals surface area contributed by atoms with Crippen molar-refractivity contribution in [3.8, 4) is 11.5 Å². The lowest BCUT2D eigenvalue weighted by Gasteiger charge is -2.27. The number of aromatic nitrogens is 2. The van der Waals surface area contributed by atoms with Crippen LogP contribution < -0.4 is 19.8 Å². The van der Waals surface area contributed by atoms with Gasteiger partial charge in [0.15, 0.2) is 23.1 Å². The molecule has 3 aromatic rings. The molecule has 11 heteroatoms. The standard InChI is InChI=1S/C23H22BrF2N5O3/c1-32-20-10-16(17(24)11-21(20)34-14-15-4-2-3-5-18(15)25)12-28-30-23-27-13-19(26)22(29-23)31-6-8-33-9-7-31/h2-5,10-13H,6-9,14H2,1H3,(H,27,29,30)/b28-12-. The lowest BCUT2D eigenvalue weighted by Crippen LogP contribution is -2.37. The topological polar surface area (TPSA) is 81.1 Å². The maximum absolute atomic E-state index is 14.2.